The van der Waals surface area contributed by atoms with Gasteiger partial charge in [0.1, 0.15) is 0 Å². The van der Waals surface area contributed by atoms with Gasteiger partial charge in [0.25, 0.3) is 0 Å². The van der Waals surface area contributed by atoms with E-state index in [4.69, 9.17) is 12.2 Å². The first-order chi connectivity index (χ1) is 6.22. The molecule has 1 atom stereocenters. The van der Waals surface area contributed by atoms with Crippen LogP contribution >= 0.6 is 12.2 Å². The Kier molecular flexibility index (Phi) is 4.84. The molecule has 13 heavy (non-hydrogen) atoms. The van der Waals surface area contributed by atoms with Crippen molar-refractivity contribution >= 4 is 17.1 Å². The van der Waals surface area contributed by atoms with E-state index < -0.39 is 0 Å². The average Bonchev–Trinajstić information content (AvgIpc) is 2.49. The predicted molar refractivity (Wildman–Crippen MR) is 61.4 cm³/mol. The summed E-state index contributed by atoms with van der Waals surface area (Å²) < 4.78 is 0. The molecule has 0 aromatic carbocycles. The maximum absolute atomic E-state index is 5.15. The van der Waals surface area contributed by atoms with Gasteiger partial charge in [0, 0.05) is 17.5 Å². The average molecular weight is 200 g/mol. The normalized spacial score (nSPS) is 23.0. The summed E-state index contributed by atoms with van der Waals surface area (Å²) in [4.78, 5) is 3.59. The van der Waals surface area contributed by atoms with Crippen LogP contribution in [0.2, 0.25) is 0 Å². The van der Waals surface area contributed by atoms with Crippen molar-refractivity contribution in [3.63, 3.8) is 0 Å². The molecule has 1 aliphatic heterocycles. The molecule has 0 amide bonds. The monoisotopic (exact) mass is 200 g/mol. The first-order valence-corrected chi connectivity index (χ1v) is 5.56. The van der Waals surface area contributed by atoms with Crippen LogP contribution < -0.4 is 5.32 Å². The first kappa shape index (κ1) is 11.1. The van der Waals surface area contributed by atoms with Gasteiger partial charge in [0.15, 0.2) is 0 Å². The van der Waals surface area contributed by atoms with E-state index in [0.717, 1.165) is 13.0 Å². The summed E-state index contributed by atoms with van der Waals surface area (Å²) in [5, 5.41) is 3.44. The molecule has 0 aliphatic carbocycles. The summed E-state index contributed by atoms with van der Waals surface area (Å²) in [5.74, 6) is 0. The lowest BCUT2D eigenvalue weighted by molar-refractivity contribution is 0.314. The molecule has 1 fully saturated rings. The molecule has 76 valence electrons. The molecule has 0 spiro atoms. The lowest BCUT2D eigenvalue weighted by Crippen LogP contribution is -2.28. The molecule has 1 heterocycles. The molecule has 0 aromatic heterocycles. The van der Waals surface area contributed by atoms with E-state index in [1.807, 2.05) is 0 Å². The molecule has 0 radical (unpaired) electrons. The van der Waals surface area contributed by atoms with Crippen LogP contribution in [0.3, 0.4) is 0 Å². The van der Waals surface area contributed by atoms with Gasteiger partial charge in [-0.3, -0.25) is 0 Å². The van der Waals surface area contributed by atoms with Gasteiger partial charge in [0.2, 0.25) is 0 Å². The Morgan fingerprint density at radius 1 is 1.54 bits per heavy atom. The van der Waals surface area contributed by atoms with Crippen molar-refractivity contribution in [2.75, 3.05) is 26.7 Å². The number of hydrogen-bond donors (Lipinski definition) is 1. The highest BCUT2D eigenvalue weighted by molar-refractivity contribution is 7.80. The van der Waals surface area contributed by atoms with Crippen LogP contribution in [-0.4, -0.2) is 42.5 Å². The van der Waals surface area contributed by atoms with E-state index in [0.29, 0.717) is 6.04 Å². The van der Waals surface area contributed by atoms with Crippen molar-refractivity contribution in [1.82, 2.24) is 10.2 Å². The number of hydrogen-bond acceptors (Lipinski definition) is 3. The largest absolute Gasteiger partial charge is 0.309 e. The molecule has 0 saturated carbocycles. The zero-order chi connectivity index (χ0) is 9.68. The standard InChI is InChI=1S/C10H20N2S/c1-3-5-12(2)6-4-9-7-10(13)8-11-9/h9,11H,3-8H2,1-2H3. The van der Waals surface area contributed by atoms with E-state index in [-0.39, 0.29) is 0 Å². The van der Waals surface area contributed by atoms with E-state index in [2.05, 4.69) is 24.2 Å². The third-order valence-electron chi connectivity index (χ3n) is 2.53. The fourth-order valence-corrected chi connectivity index (χ4v) is 2.04. The first-order valence-electron chi connectivity index (χ1n) is 5.16. The van der Waals surface area contributed by atoms with Crippen LogP contribution in [-0.2, 0) is 0 Å². The second-order valence-corrected chi connectivity index (χ2v) is 4.49. The third kappa shape index (κ3) is 4.16. The Morgan fingerprint density at radius 3 is 2.85 bits per heavy atom. The lowest BCUT2D eigenvalue weighted by atomic mass is 10.1. The Hall–Kier alpha value is 0.01000. The van der Waals surface area contributed by atoms with E-state index >= 15 is 0 Å². The van der Waals surface area contributed by atoms with E-state index in [9.17, 15) is 0 Å². The van der Waals surface area contributed by atoms with E-state index in [1.165, 1.54) is 30.8 Å². The van der Waals surface area contributed by atoms with E-state index in [1.54, 1.807) is 0 Å². The summed E-state index contributed by atoms with van der Waals surface area (Å²) in [5.41, 5.74) is 0. The van der Waals surface area contributed by atoms with Crippen molar-refractivity contribution in [2.24, 2.45) is 0 Å². The Bertz CT molecular complexity index is 170. The minimum Gasteiger partial charge on any atom is -0.309 e. The van der Waals surface area contributed by atoms with Crippen LogP contribution in [0.25, 0.3) is 0 Å². The SMILES string of the molecule is CCCN(C)CCC1CC(=S)CN1. The van der Waals surface area contributed by atoms with Gasteiger partial charge in [-0.25, -0.2) is 0 Å². The molecule has 0 bridgehead atoms. The Morgan fingerprint density at radius 2 is 2.31 bits per heavy atom. The summed E-state index contributed by atoms with van der Waals surface area (Å²) >= 11 is 5.15. The van der Waals surface area contributed by atoms with Crippen LogP contribution in [0.4, 0.5) is 0 Å². The summed E-state index contributed by atoms with van der Waals surface area (Å²) in [6, 6.07) is 0.645. The van der Waals surface area contributed by atoms with Crippen LogP contribution in [0.5, 0.6) is 0 Å². The predicted octanol–water partition coefficient (Wildman–Crippen LogP) is 1.45. The highest BCUT2D eigenvalue weighted by Crippen LogP contribution is 2.07. The zero-order valence-electron chi connectivity index (χ0n) is 8.68. The number of nitrogens with one attached hydrogen (secondary N) is 1. The van der Waals surface area contributed by atoms with Gasteiger partial charge < -0.3 is 10.2 Å². The molecule has 1 aliphatic rings. The molecule has 1 N–H and O–H groups in total. The zero-order valence-corrected chi connectivity index (χ0v) is 9.49. The molecule has 1 unspecified atom stereocenters. The number of nitrogens with zero attached hydrogens (tertiary/aromatic N) is 1. The van der Waals surface area contributed by atoms with Crippen molar-refractivity contribution in [3.8, 4) is 0 Å². The van der Waals surface area contributed by atoms with Crippen molar-refractivity contribution < 1.29 is 0 Å². The quantitative estimate of drug-likeness (QED) is 0.676. The fraction of sp³-hybridized carbons (Fsp3) is 0.900. The van der Waals surface area contributed by atoms with Gasteiger partial charge >= 0.3 is 0 Å². The number of rotatable bonds is 5. The molecule has 2 nitrogen and oxygen atoms in total. The van der Waals surface area contributed by atoms with Crippen LogP contribution in [0.1, 0.15) is 26.2 Å². The maximum atomic E-state index is 5.15. The number of thiocarbonyl (C=S) groups is 1. The van der Waals surface area contributed by atoms with Crippen molar-refractivity contribution in [2.45, 2.75) is 32.2 Å². The van der Waals surface area contributed by atoms with Crippen molar-refractivity contribution in [1.29, 1.82) is 0 Å². The molecule has 3 heteroatoms. The summed E-state index contributed by atoms with van der Waals surface area (Å²) in [7, 11) is 2.19. The minimum absolute atomic E-state index is 0.645. The van der Waals surface area contributed by atoms with Gasteiger partial charge in [-0.2, -0.15) is 0 Å². The maximum Gasteiger partial charge on any atom is 0.0272 e. The summed E-state index contributed by atoms with van der Waals surface area (Å²) in [6.07, 6.45) is 3.58. The van der Waals surface area contributed by atoms with Gasteiger partial charge in [-0.15, -0.1) is 0 Å². The lowest BCUT2D eigenvalue weighted by Gasteiger charge is -2.17. The smallest absolute Gasteiger partial charge is 0.0272 e. The van der Waals surface area contributed by atoms with Crippen LogP contribution in [0, 0.1) is 0 Å². The van der Waals surface area contributed by atoms with Gasteiger partial charge in [-0.05, 0) is 39.4 Å². The second-order valence-electron chi connectivity index (χ2n) is 3.91. The molecule has 1 rings (SSSR count). The topological polar surface area (TPSA) is 15.3 Å². The van der Waals surface area contributed by atoms with Crippen LogP contribution in [0.15, 0.2) is 0 Å². The second kappa shape index (κ2) is 5.68. The third-order valence-corrected chi connectivity index (χ3v) is 2.84. The highest BCUT2D eigenvalue weighted by Gasteiger charge is 2.17. The Labute approximate surface area is 86.7 Å². The fourth-order valence-electron chi connectivity index (χ4n) is 1.75. The van der Waals surface area contributed by atoms with Gasteiger partial charge in [0.05, 0.1) is 0 Å². The summed E-state index contributed by atoms with van der Waals surface area (Å²) in [6.45, 7) is 5.57. The minimum atomic E-state index is 0.645. The molecule has 0 aromatic rings. The molecular formula is C10H20N2S. The molecule has 1 saturated heterocycles. The Balaban J connectivity index is 2.08. The highest BCUT2D eigenvalue weighted by atomic mass is 32.1. The van der Waals surface area contributed by atoms with Gasteiger partial charge in [-0.1, -0.05) is 19.1 Å². The van der Waals surface area contributed by atoms with Crippen molar-refractivity contribution in [3.05, 3.63) is 0 Å². The molecular weight excluding hydrogens is 180 g/mol.